The van der Waals surface area contributed by atoms with Crippen molar-refractivity contribution in [3.63, 3.8) is 0 Å². The number of para-hydroxylation sites is 1. The van der Waals surface area contributed by atoms with Crippen LogP contribution in [0.2, 0.25) is 0 Å². The summed E-state index contributed by atoms with van der Waals surface area (Å²) in [4.78, 5) is 34.9. The molecule has 0 saturated carbocycles. The topological polar surface area (TPSA) is 58.4 Å². The first-order valence-electron chi connectivity index (χ1n) is 11.5. The van der Waals surface area contributed by atoms with Crippen LogP contribution in [0.5, 0.6) is 0 Å². The van der Waals surface area contributed by atoms with Gasteiger partial charge in [-0.1, -0.05) is 39.8 Å². The van der Waals surface area contributed by atoms with Gasteiger partial charge in [0.1, 0.15) is 5.82 Å². The maximum atomic E-state index is 12.9. The second kappa shape index (κ2) is 9.11. The molecule has 6 nitrogen and oxygen atoms in total. The average Bonchev–Trinajstić information content (AvgIpc) is 2.68. The second-order valence-corrected chi connectivity index (χ2v) is 10.5. The minimum Gasteiger partial charge on any atom is -0.337 e. The normalized spacial score (nSPS) is 20.1. The smallest absolute Gasteiger partial charge is 0.261 e. The van der Waals surface area contributed by atoms with Gasteiger partial charge in [0, 0.05) is 39.1 Å². The number of carbonyl (C=O) groups excluding carboxylic acids is 1. The van der Waals surface area contributed by atoms with Crippen molar-refractivity contribution in [2.75, 3.05) is 19.6 Å². The lowest BCUT2D eigenvalue weighted by Crippen LogP contribution is -2.55. The highest BCUT2D eigenvalue weighted by Crippen LogP contribution is 2.28. The molecule has 1 saturated heterocycles. The number of amides is 1. The lowest BCUT2D eigenvalue weighted by molar-refractivity contribution is -0.137. The highest BCUT2D eigenvalue weighted by molar-refractivity contribution is 5.77. The van der Waals surface area contributed by atoms with E-state index in [1.54, 1.807) is 11.6 Å². The third-order valence-corrected chi connectivity index (χ3v) is 6.40. The summed E-state index contributed by atoms with van der Waals surface area (Å²) in [5.74, 6) is 1.41. The van der Waals surface area contributed by atoms with E-state index in [1.165, 1.54) is 0 Å². The first kappa shape index (κ1) is 23.5. The first-order valence-corrected chi connectivity index (χ1v) is 11.5. The van der Waals surface area contributed by atoms with Gasteiger partial charge in [-0.2, -0.15) is 0 Å². The van der Waals surface area contributed by atoms with E-state index < -0.39 is 0 Å². The van der Waals surface area contributed by atoms with Crippen molar-refractivity contribution < 1.29 is 4.79 Å². The number of nitrogens with zero attached hydrogens (tertiary/aromatic N) is 4. The molecule has 31 heavy (non-hydrogen) atoms. The summed E-state index contributed by atoms with van der Waals surface area (Å²) in [6.45, 7) is 15.4. The minimum absolute atomic E-state index is 0.00169. The maximum absolute atomic E-state index is 12.9. The summed E-state index contributed by atoms with van der Waals surface area (Å²) in [5, 5.41) is 0.647. The van der Waals surface area contributed by atoms with Gasteiger partial charge in [0.2, 0.25) is 5.91 Å². The Labute approximate surface area is 186 Å². The van der Waals surface area contributed by atoms with Gasteiger partial charge in [0.25, 0.3) is 5.56 Å². The fraction of sp³-hybridized carbons (Fsp3) is 0.640. The summed E-state index contributed by atoms with van der Waals surface area (Å²) in [6, 6.07) is 7.65. The molecule has 0 bridgehead atoms. The SMILES string of the molecule is CC(CC(=O)N1CCN(C(C)c2nc3ccccc3c(=O)n2C)CC1C)CC(C)(C)C. The summed E-state index contributed by atoms with van der Waals surface area (Å²) in [7, 11) is 1.80. The van der Waals surface area contributed by atoms with Crippen LogP contribution in [0.15, 0.2) is 29.1 Å². The van der Waals surface area contributed by atoms with E-state index in [0.29, 0.717) is 24.3 Å². The van der Waals surface area contributed by atoms with Crippen LogP contribution in [0.3, 0.4) is 0 Å². The fourth-order valence-electron chi connectivity index (χ4n) is 5.01. The number of rotatable bonds is 5. The van der Waals surface area contributed by atoms with Gasteiger partial charge in [-0.25, -0.2) is 4.98 Å². The van der Waals surface area contributed by atoms with E-state index in [0.717, 1.165) is 30.9 Å². The molecule has 0 spiro atoms. The molecule has 1 fully saturated rings. The van der Waals surface area contributed by atoms with E-state index in [4.69, 9.17) is 4.98 Å². The van der Waals surface area contributed by atoms with Crippen LogP contribution in [0, 0.1) is 11.3 Å². The monoisotopic (exact) mass is 426 g/mol. The first-order chi connectivity index (χ1) is 14.5. The van der Waals surface area contributed by atoms with Crippen molar-refractivity contribution in [2.45, 2.75) is 66.5 Å². The van der Waals surface area contributed by atoms with Crippen LogP contribution < -0.4 is 5.56 Å². The van der Waals surface area contributed by atoms with Crippen molar-refractivity contribution >= 4 is 16.8 Å². The number of carbonyl (C=O) groups is 1. The highest BCUT2D eigenvalue weighted by atomic mass is 16.2. The Hall–Kier alpha value is -2.21. The van der Waals surface area contributed by atoms with E-state index in [9.17, 15) is 9.59 Å². The quantitative estimate of drug-likeness (QED) is 0.725. The Balaban J connectivity index is 1.69. The van der Waals surface area contributed by atoms with E-state index in [1.807, 2.05) is 29.2 Å². The lowest BCUT2D eigenvalue weighted by Gasteiger charge is -2.42. The van der Waals surface area contributed by atoms with Crippen LogP contribution >= 0.6 is 0 Å². The Morgan fingerprint density at radius 1 is 1.19 bits per heavy atom. The van der Waals surface area contributed by atoms with Crippen LogP contribution in [-0.2, 0) is 11.8 Å². The van der Waals surface area contributed by atoms with Crippen molar-refractivity contribution in [3.05, 3.63) is 40.4 Å². The molecular formula is C25H38N4O2. The standard InChI is InChI=1S/C25H38N4O2/c1-17(15-25(4,5)6)14-22(30)29-13-12-28(16-18(29)2)19(3)23-26-21-11-9-8-10-20(21)24(31)27(23)7/h8-11,17-19H,12-16H2,1-7H3. The zero-order chi connectivity index (χ0) is 22.9. The van der Waals surface area contributed by atoms with E-state index in [2.05, 4.69) is 46.4 Å². The Bertz CT molecular complexity index is 991. The molecule has 3 atom stereocenters. The van der Waals surface area contributed by atoms with E-state index in [-0.39, 0.29) is 29.0 Å². The molecule has 170 valence electrons. The average molecular weight is 427 g/mol. The van der Waals surface area contributed by atoms with Crippen LogP contribution in [-0.4, -0.2) is 50.9 Å². The second-order valence-electron chi connectivity index (χ2n) is 10.5. The predicted molar refractivity (Wildman–Crippen MR) is 126 cm³/mol. The van der Waals surface area contributed by atoms with Gasteiger partial charge in [-0.05, 0) is 43.7 Å². The highest BCUT2D eigenvalue weighted by Gasteiger charge is 2.32. The number of piperazine rings is 1. The zero-order valence-electron chi connectivity index (χ0n) is 20.2. The summed E-state index contributed by atoms with van der Waals surface area (Å²) in [5.41, 5.74) is 0.965. The Kier molecular flexibility index (Phi) is 6.89. The molecule has 3 rings (SSSR count). The van der Waals surface area contributed by atoms with Crippen molar-refractivity contribution in [3.8, 4) is 0 Å². The number of aromatic nitrogens is 2. The van der Waals surface area contributed by atoms with Gasteiger partial charge in [0.15, 0.2) is 0 Å². The Morgan fingerprint density at radius 3 is 2.52 bits per heavy atom. The molecule has 0 radical (unpaired) electrons. The van der Waals surface area contributed by atoms with Crippen LogP contribution in [0.25, 0.3) is 10.9 Å². The molecule has 0 N–H and O–H groups in total. The molecule has 6 heteroatoms. The van der Waals surface area contributed by atoms with Crippen LogP contribution in [0.1, 0.15) is 66.3 Å². The molecule has 2 aromatic rings. The number of hydrogen-bond donors (Lipinski definition) is 0. The van der Waals surface area contributed by atoms with Gasteiger partial charge < -0.3 is 4.90 Å². The van der Waals surface area contributed by atoms with Gasteiger partial charge in [-0.15, -0.1) is 0 Å². The lowest BCUT2D eigenvalue weighted by atomic mass is 9.84. The molecule has 1 aromatic heterocycles. The van der Waals surface area contributed by atoms with E-state index >= 15 is 0 Å². The summed E-state index contributed by atoms with van der Waals surface area (Å²) >= 11 is 0. The third kappa shape index (κ3) is 5.35. The largest absolute Gasteiger partial charge is 0.337 e. The fourth-order valence-corrected chi connectivity index (χ4v) is 5.01. The molecule has 1 aromatic carbocycles. The van der Waals surface area contributed by atoms with Crippen molar-refractivity contribution in [2.24, 2.45) is 18.4 Å². The minimum atomic E-state index is -0.0119. The number of benzene rings is 1. The van der Waals surface area contributed by atoms with Crippen molar-refractivity contribution in [1.29, 1.82) is 0 Å². The summed E-state index contributed by atoms with van der Waals surface area (Å²) < 4.78 is 1.67. The van der Waals surface area contributed by atoms with Gasteiger partial charge >= 0.3 is 0 Å². The molecule has 1 aliphatic heterocycles. The molecule has 3 unspecified atom stereocenters. The van der Waals surface area contributed by atoms with Gasteiger partial charge in [0.05, 0.1) is 16.9 Å². The Morgan fingerprint density at radius 2 is 1.87 bits per heavy atom. The molecule has 2 heterocycles. The number of hydrogen-bond acceptors (Lipinski definition) is 4. The predicted octanol–water partition coefficient (Wildman–Crippen LogP) is 3.99. The summed E-state index contributed by atoms with van der Waals surface area (Å²) in [6.07, 6.45) is 1.66. The molecular weight excluding hydrogens is 388 g/mol. The molecule has 1 amide bonds. The zero-order valence-corrected chi connectivity index (χ0v) is 20.2. The third-order valence-electron chi connectivity index (χ3n) is 6.40. The van der Waals surface area contributed by atoms with Crippen molar-refractivity contribution in [1.82, 2.24) is 19.4 Å². The number of fused-ring (bicyclic) bond motifs is 1. The maximum Gasteiger partial charge on any atom is 0.261 e. The molecule has 0 aliphatic carbocycles. The van der Waals surface area contributed by atoms with Crippen LogP contribution in [0.4, 0.5) is 0 Å². The molecule has 1 aliphatic rings. The van der Waals surface area contributed by atoms with Gasteiger partial charge in [-0.3, -0.25) is 19.1 Å².